The number of anilines is 1. The summed E-state index contributed by atoms with van der Waals surface area (Å²) in [6.07, 6.45) is -4.71. The molecule has 6 rings (SSSR count). The lowest BCUT2D eigenvalue weighted by Crippen LogP contribution is -2.32. The van der Waals surface area contributed by atoms with Gasteiger partial charge in [-0.1, -0.05) is 52.9 Å². The number of rotatable bonds is 6. The summed E-state index contributed by atoms with van der Waals surface area (Å²) < 4.78 is 46.5. The molecule has 0 unspecified atom stereocenters. The number of thiazole rings is 1. The van der Waals surface area contributed by atoms with E-state index in [-0.39, 0.29) is 29.3 Å². The largest absolute Gasteiger partial charge is 0.489 e. The van der Waals surface area contributed by atoms with Gasteiger partial charge in [-0.25, -0.2) is 4.90 Å². The number of carbonyl (C=O) groups excluding carboxylic acids is 2. The van der Waals surface area contributed by atoms with Crippen molar-refractivity contribution >= 4 is 57.9 Å². The monoisotopic (exact) mass is 647 g/mol. The van der Waals surface area contributed by atoms with Gasteiger partial charge in [0.25, 0.3) is 5.69 Å². The van der Waals surface area contributed by atoms with Crippen molar-refractivity contribution < 1.29 is 32.4 Å². The third kappa shape index (κ3) is 5.30. The molecule has 15 heteroatoms. The van der Waals surface area contributed by atoms with E-state index in [1.54, 1.807) is 24.3 Å². The molecule has 4 aromatic rings. The number of H-pyrrole nitrogens is 1. The minimum atomic E-state index is -4.71. The number of alkyl halides is 3. The number of halogens is 4. The zero-order valence-corrected chi connectivity index (χ0v) is 23.9. The summed E-state index contributed by atoms with van der Waals surface area (Å²) in [6, 6.07) is 14.5. The first-order valence-electron chi connectivity index (χ1n) is 12.5. The van der Waals surface area contributed by atoms with E-state index in [0.717, 1.165) is 46.9 Å². The summed E-state index contributed by atoms with van der Waals surface area (Å²) in [4.78, 5) is 54.5. The van der Waals surface area contributed by atoms with Crippen LogP contribution < -0.4 is 14.5 Å². The van der Waals surface area contributed by atoms with Crippen molar-refractivity contribution in [2.75, 3.05) is 4.90 Å². The summed E-state index contributed by atoms with van der Waals surface area (Å²) in [5.41, 5.74) is -0.708. The Morgan fingerprint density at radius 1 is 1.02 bits per heavy atom. The van der Waals surface area contributed by atoms with E-state index in [1.165, 1.54) is 24.3 Å². The van der Waals surface area contributed by atoms with Gasteiger partial charge in [-0.2, -0.15) is 13.2 Å². The lowest BCUT2D eigenvalue weighted by atomic mass is 9.82. The van der Waals surface area contributed by atoms with Crippen molar-refractivity contribution in [2.45, 2.75) is 29.0 Å². The number of non-ortho nitro benzene ring substituents is 1. The Morgan fingerprint density at radius 2 is 1.77 bits per heavy atom. The zero-order valence-electron chi connectivity index (χ0n) is 21.5. The van der Waals surface area contributed by atoms with Crippen LogP contribution in [0.4, 0.5) is 24.5 Å². The number of ether oxygens (including phenoxy) is 1. The fourth-order valence-electron chi connectivity index (χ4n) is 5.19. The number of carbonyl (C=O) groups is 2. The highest BCUT2D eigenvalue weighted by Crippen LogP contribution is 2.55. The van der Waals surface area contributed by atoms with Crippen molar-refractivity contribution in [3.63, 3.8) is 0 Å². The Bertz CT molecular complexity index is 1840. The van der Waals surface area contributed by atoms with Gasteiger partial charge >= 0.3 is 11.0 Å². The number of aromatic amines is 1. The topological polar surface area (TPSA) is 123 Å². The first-order valence-corrected chi connectivity index (χ1v) is 14.6. The maximum Gasteiger partial charge on any atom is 0.416 e. The average Bonchev–Trinajstić information content (AvgIpc) is 3.46. The normalized spacial score (nSPS) is 19.7. The molecule has 43 heavy (non-hydrogen) atoms. The van der Waals surface area contributed by atoms with Crippen LogP contribution in [-0.2, 0) is 22.4 Å². The number of benzene rings is 3. The molecule has 0 saturated carbocycles. The molecule has 1 saturated heterocycles. The first-order chi connectivity index (χ1) is 20.4. The lowest BCUT2D eigenvalue weighted by molar-refractivity contribution is -0.385. The Kier molecular flexibility index (Phi) is 7.30. The minimum Gasteiger partial charge on any atom is -0.489 e. The van der Waals surface area contributed by atoms with E-state index >= 15 is 0 Å². The van der Waals surface area contributed by atoms with Crippen LogP contribution in [0.15, 0.2) is 76.6 Å². The minimum absolute atomic E-state index is 0.0248. The van der Waals surface area contributed by atoms with Gasteiger partial charge in [0.15, 0.2) is 0 Å². The van der Waals surface area contributed by atoms with Crippen LogP contribution in [0, 0.1) is 16.0 Å². The van der Waals surface area contributed by atoms with Gasteiger partial charge in [-0.15, -0.1) is 0 Å². The molecule has 3 aromatic carbocycles. The lowest BCUT2D eigenvalue weighted by Gasteiger charge is -2.30. The summed E-state index contributed by atoms with van der Waals surface area (Å²) >= 11 is 7.68. The van der Waals surface area contributed by atoms with Gasteiger partial charge < -0.3 is 9.72 Å². The molecule has 3 heterocycles. The van der Waals surface area contributed by atoms with Crippen molar-refractivity contribution in [3.8, 4) is 5.75 Å². The third-order valence-electron chi connectivity index (χ3n) is 7.10. The van der Waals surface area contributed by atoms with E-state index < -0.39 is 50.4 Å². The molecule has 2 amide bonds. The van der Waals surface area contributed by atoms with Crippen molar-refractivity contribution in [1.82, 2.24) is 4.98 Å². The van der Waals surface area contributed by atoms with Crippen LogP contribution >= 0.6 is 34.7 Å². The number of nitro groups is 1. The summed E-state index contributed by atoms with van der Waals surface area (Å²) in [6.45, 7) is 0.0248. The summed E-state index contributed by atoms with van der Waals surface area (Å²) in [5.74, 6) is -3.66. The Morgan fingerprint density at radius 3 is 2.47 bits per heavy atom. The van der Waals surface area contributed by atoms with E-state index in [1.807, 2.05) is 0 Å². The van der Waals surface area contributed by atoms with Crippen molar-refractivity contribution in [3.05, 3.63) is 113 Å². The molecule has 3 atom stereocenters. The standard InChI is InChI=1S/C28H17ClF3N3O6S2/c29-15-6-4-13(5-7-15)12-41-19-9-8-17(35(39)40)11-18(19)20-21-23(42-24-22(20)43-27(38)33-24)26(37)34(25(21)36)16-3-1-2-14(10-16)28(30,31)32/h1-11,20-21,23H,12H2,(H,33,38)/t20-,21-,23+/m0/s1. The number of nitrogens with zero attached hydrogens (tertiary/aromatic N) is 2. The predicted molar refractivity (Wildman–Crippen MR) is 153 cm³/mol. The summed E-state index contributed by atoms with van der Waals surface area (Å²) in [7, 11) is 0. The van der Waals surface area contributed by atoms with Gasteiger partial charge in [-0.05, 0) is 42.0 Å². The molecule has 2 aliphatic heterocycles. The molecule has 1 fully saturated rings. The highest BCUT2D eigenvalue weighted by Gasteiger charge is 2.57. The number of fused-ring (bicyclic) bond motifs is 2. The number of amides is 2. The zero-order chi connectivity index (χ0) is 30.6. The maximum atomic E-state index is 14.0. The number of imide groups is 1. The number of nitro benzene ring substituents is 1. The highest BCUT2D eigenvalue weighted by molar-refractivity contribution is 8.00. The number of hydrogen-bond donors (Lipinski definition) is 1. The van der Waals surface area contributed by atoms with Gasteiger partial charge in [0, 0.05) is 33.5 Å². The van der Waals surface area contributed by atoms with E-state index in [2.05, 4.69) is 4.98 Å². The average molecular weight is 648 g/mol. The van der Waals surface area contributed by atoms with Crippen LogP contribution in [0.1, 0.15) is 27.5 Å². The van der Waals surface area contributed by atoms with Gasteiger partial charge in [0.1, 0.15) is 17.6 Å². The second kappa shape index (κ2) is 10.8. The third-order valence-corrected chi connectivity index (χ3v) is 9.76. The van der Waals surface area contributed by atoms with Gasteiger partial charge in [0.05, 0.1) is 27.1 Å². The number of nitrogens with one attached hydrogen (secondary N) is 1. The molecule has 0 bridgehead atoms. The molecule has 1 N–H and O–H groups in total. The molecule has 1 aromatic heterocycles. The Labute approximate surface area is 253 Å². The molecular formula is C28H17ClF3N3O6S2. The highest BCUT2D eigenvalue weighted by atomic mass is 35.5. The fraction of sp³-hybridized carbons (Fsp3) is 0.179. The first kappa shape index (κ1) is 29.0. The molecular weight excluding hydrogens is 631 g/mol. The van der Waals surface area contributed by atoms with Crippen LogP contribution in [0.2, 0.25) is 5.02 Å². The van der Waals surface area contributed by atoms with Crippen molar-refractivity contribution in [2.24, 2.45) is 5.92 Å². The quantitative estimate of drug-likeness (QED) is 0.146. The van der Waals surface area contributed by atoms with Gasteiger partial charge in [-0.3, -0.25) is 24.5 Å². The van der Waals surface area contributed by atoms with Crippen molar-refractivity contribution in [1.29, 1.82) is 0 Å². The summed E-state index contributed by atoms with van der Waals surface area (Å²) in [5, 5.41) is 11.4. The molecule has 0 spiro atoms. The van der Waals surface area contributed by atoms with E-state index in [0.29, 0.717) is 19.8 Å². The molecule has 220 valence electrons. The molecule has 0 aliphatic carbocycles. The Hall–Kier alpha value is -4.14. The van der Waals surface area contributed by atoms with Crippen LogP contribution in [0.3, 0.4) is 0 Å². The smallest absolute Gasteiger partial charge is 0.416 e. The second-order valence-electron chi connectivity index (χ2n) is 9.70. The Balaban J connectivity index is 1.47. The number of hydrogen-bond acceptors (Lipinski definition) is 8. The van der Waals surface area contributed by atoms with Gasteiger partial charge in [0.2, 0.25) is 11.8 Å². The number of thioether (sulfide) groups is 1. The fourth-order valence-corrected chi connectivity index (χ4v) is 7.83. The molecule has 2 aliphatic rings. The SMILES string of the molecule is O=C1[C@H]2[C@H](c3cc([N+](=O)[O-])ccc3OCc3ccc(Cl)cc3)c3sc(=O)[nH]c3S[C@H]2C(=O)N1c1cccc(C(F)(F)F)c1. The molecule has 9 nitrogen and oxygen atoms in total. The number of aromatic nitrogens is 1. The van der Waals surface area contributed by atoms with Crippen LogP contribution in [0.5, 0.6) is 5.75 Å². The van der Waals surface area contributed by atoms with Crippen LogP contribution in [-0.4, -0.2) is 27.0 Å². The molecule has 0 radical (unpaired) electrons. The van der Waals surface area contributed by atoms with E-state index in [9.17, 15) is 37.7 Å². The maximum absolute atomic E-state index is 14.0. The van der Waals surface area contributed by atoms with E-state index in [4.69, 9.17) is 16.3 Å². The second-order valence-corrected chi connectivity index (χ2v) is 12.3. The predicted octanol–water partition coefficient (Wildman–Crippen LogP) is 6.39. The van der Waals surface area contributed by atoms with Crippen LogP contribution in [0.25, 0.3) is 0 Å².